The number of hydrogen-bond donors (Lipinski definition) is 0. The number of ketones is 2. The van der Waals surface area contributed by atoms with Gasteiger partial charge in [0.2, 0.25) is 0 Å². The molecule has 2 aromatic carbocycles. The van der Waals surface area contributed by atoms with Crippen molar-refractivity contribution >= 4 is 27.5 Å². The number of Topliss-reactive ketones (excluding diaryl/α,β-unsaturated/α-hetero) is 2. The molecule has 0 aliphatic carbocycles. The van der Waals surface area contributed by atoms with E-state index in [0.717, 1.165) is 16.6 Å². The van der Waals surface area contributed by atoms with Crippen LogP contribution in [0, 0.1) is 11.6 Å². The Kier molecular flexibility index (Phi) is 5.77. The number of carbonyl (C=O) groups is 2. The van der Waals surface area contributed by atoms with Gasteiger partial charge in [-0.1, -0.05) is 34.1 Å². The normalized spacial score (nSPS) is 12.0. The van der Waals surface area contributed by atoms with Crippen molar-refractivity contribution in [3.63, 3.8) is 0 Å². The van der Waals surface area contributed by atoms with Crippen LogP contribution in [-0.4, -0.2) is 11.6 Å². The van der Waals surface area contributed by atoms with Crippen LogP contribution in [-0.2, 0) is 16.0 Å². The van der Waals surface area contributed by atoms with Gasteiger partial charge in [-0.25, -0.2) is 8.78 Å². The molecule has 2 aromatic rings. The van der Waals surface area contributed by atoms with E-state index in [1.54, 1.807) is 24.3 Å². The molecule has 0 saturated carbocycles. The molecular weight excluding hydrogens is 366 g/mol. The van der Waals surface area contributed by atoms with Crippen LogP contribution in [0.2, 0.25) is 0 Å². The van der Waals surface area contributed by atoms with Gasteiger partial charge in [0.15, 0.2) is 0 Å². The summed E-state index contributed by atoms with van der Waals surface area (Å²) in [6.07, 6.45) is -0.441. The van der Waals surface area contributed by atoms with Gasteiger partial charge < -0.3 is 0 Å². The van der Waals surface area contributed by atoms with Gasteiger partial charge >= 0.3 is 0 Å². The molecule has 0 bridgehead atoms. The lowest BCUT2D eigenvalue weighted by molar-refractivity contribution is -0.124. The molecule has 0 amide bonds. The highest BCUT2D eigenvalue weighted by molar-refractivity contribution is 9.10. The minimum atomic E-state index is -0.749. The van der Waals surface area contributed by atoms with Gasteiger partial charge in [0.25, 0.3) is 0 Å². The summed E-state index contributed by atoms with van der Waals surface area (Å²) in [4.78, 5) is 24.0. The van der Waals surface area contributed by atoms with E-state index in [1.165, 1.54) is 13.0 Å². The fourth-order valence-electron chi connectivity index (χ4n) is 2.39. The molecule has 0 heterocycles. The Labute approximate surface area is 141 Å². The Morgan fingerprint density at radius 1 is 1.04 bits per heavy atom. The lowest BCUT2D eigenvalue weighted by atomic mass is 9.89. The first-order chi connectivity index (χ1) is 10.9. The lowest BCUT2D eigenvalue weighted by Crippen LogP contribution is -2.16. The Morgan fingerprint density at radius 3 is 2.13 bits per heavy atom. The van der Waals surface area contributed by atoms with Crippen LogP contribution >= 0.6 is 15.9 Å². The average Bonchev–Trinajstić information content (AvgIpc) is 2.49. The van der Waals surface area contributed by atoms with Gasteiger partial charge in [0.1, 0.15) is 23.2 Å². The van der Waals surface area contributed by atoms with Crippen molar-refractivity contribution in [3.05, 3.63) is 69.7 Å². The third-order valence-corrected chi connectivity index (χ3v) is 4.16. The lowest BCUT2D eigenvalue weighted by Gasteiger charge is -2.14. The molecular formula is C18H15BrF2O2. The van der Waals surface area contributed by atoms with Crippen LogP contribution in [0.1, 0.15) is 30.4 Å². The van der Waals surface area contributed by atoms with Crippen molar-refractivity contribution in [2.45, 2.75) is 25.7 Å². The monoisotopic (exact) mass is 380 g/mol. The van der Waals surface area contributed by atoms with E-state index in [-0.39, 0.29) is 30.0 Å². The summed E-state index contributed by atoms with van der Waals surface area (Å²) in [7, 11) is 0. The number of hydrogen-bond acceptors (Lipinski definition) is 2. The first kappa shape index (κ1) is 17.5. The summed E-state index contributed by atoms with van der Waals surface area (Å²) in [5.41, 5.74) is 0.457. The summed E-state index contributed by atoms with van der Waals surface area (Å²) in [6.45, 7) is 1.41. The van der Waals surface area contributed by atoms with Gasteiger partial charge in [-0.2, -0.15) is 0 Å². The fraction of sp³-hybridized carbons (Fsp3) is 0.222. The molecule has 120 valence electrons. The summed E-state index contributed by atoms with van der Waals surface area (Å²) in [6, 6.07) is 10.6. The quantitative estimate of drug-likeness (QED) is 0.733. The van der Waals surface area contributed by atoms with Crippen LogP contribution in [0.5, 0.6) is 0 Å². The molecule has 0 spiro atoms. The van der Waals surface area contributed by atoms with Crippen molar-refractivity contribution in [2.24, 2.45) is 0 Å². The zero-order chi connectivity index (χ0) is 17.0. The smallest absolute Gasteiger partial charge is 0.138 e. The average molecular weight is 381 g/mol. The van der Waals surface area contributed by atoms with Gasteiger partial charge in [0, 0.05) is 28.8 Å². The highest BCUT2D eigenvalue weighted by Crippen LogP contribution is 2.24. The Balaban J connectivity index is 2.16. The second-order valence-electron chi connectivity index (χ2n) is 5.33. The highest BCUT2D eigenvalue weighted by Gasteiger charge is 2.22. The van der Waals surface area contributed by atoms with Crippen LogP contribution in [0.4, 0.5) is 8.78 Å². The van der Waals surface area contributed by atoms with E-state index in [2.05, 4.69) is 15.9 Å². The van der Waals surface area contributed by atoms with E-state index in [4.69, 9.17) is 0 Å². The van der Waals surface area contributed by atoms with Gasteiger partial charge in [-0.05, 0) is 36.8 Å². The molecule has 0 fully saturated rings. The van der Waals surface area contributed by atoms with Crippen molar-refractivity contribution in [3.8, 4) is 0 Å². The zero-order valence-electron chi connectivity index (χ0n) is 12.5. The summed E-state index contributed by atoms with van der Waals surface area (Å²) in [5, 5.41) is 0. The first-order valence-electron chi connectivity index (χ1n) is 7.09. The van der Waals surface area contributed by atoms with Crippen LogP contribution in [0.25, 0.3) is 0 Å². The second kappa shape index (κ2) is 7.59. The molecule has 0 radical (unpaired) electrons. The third-order valence-electron chi connectivity index (χ3n) is 3.63. The van der Waals surface area contributed by atoms with Crippen molar-refractivity contribution in [1.82, 2.24) is 0 Å². The molecule has 0 aliphatic heterocycles. The number of benzene rings is 2. The zero-order valence-corrected chi connectivity index (χ0v) is 14.1. The van der Waals surface area contributed by atoms with Gasteiger partial charge in [0.05, 0.1) is 0 Å². The SMILES string of the molecule is CC(=O)C(CC(=O)Cc1c(F)cccc1F)c1ccc(Br)cc1. The Morgan fingerprint density at radius 2 is 1.61 bits per heavy atom. The van der Waals surface area contributed by atoms with E-state index >= 15 is 0 Å². The number of rotatable bonds is 6. The second-order valence-corrected chi connectivity index (χ2v) is 6.25. The summed E-state index contributed by atoms with van der Waals surface area (Å²) < 4.78 is 28.1. The molecule has 2 rings (SSSR count). The van der Waals surface area contributed by atoms with Crippen molar-refractivity contribution in [2.75, 3.05) is 0 Å². The summed E-state index contributed by atoms with van der Waals surface area (Å²) in [5.74, 6) is -2.64. The van der Waals surface area contributed by atoms with E-state index in [9.17, 15) is 18.4 Å². The topological polar surface area (TPSA) is 34.1 Å². The van der Waals surface area contributed by atoms with Crippen molar-refractivity contribution in [1.29, 1.82) is 0 Å². The molecule has 0 N–H and O–H groups in total. The molecule has 0 saturated heterocycles. The Bertz CT molecular complexity index is 706. The molecule has 5 heteroatoms. The molecule has 1 unspecified atom stereocenters. The molecule has 1 atom stereocenters. The predicted molar refractivity (Wildman–Crippen MR) is 87.3 cm³/mol. The third kappa shape index (κ3) is 4.55. The molecule has 2 nitrogen and oxygen atoms in total. The Hall–Kier alpha value is -1.88. The largest absolute Gasteiger partial charge is 0.299 e. The maximum Gasteiger partial charge on any atom is 0.138 e. The predicted octanol–water partition coefficient (Wildman–Crippen LogP) is 4.60. The van der Waals surface area contributed by atoms with Crippen LogP contribution in [0.15, 0.2) is 46.9 Å². The number of halogens is 3. The van der Waals surface area contributed by atoms with Crippen LogP contribution < -0.4 is 0 Å². The van der Waals surface area contributed by atoms with Crippen LogP contribution in [0.3, 0.4) is 0 Å². The molecule has 23 heavy (non-hydrogen) atoms. The molecule has 0 aromatic heterocycles. The van der Waals surface area contributed by atoms with Gasteiger partial charge in [-0.15, -0.1) is 0 Å². The maximum absolute atomic E-state index is 13.6. The first-order valence-corrected chi connectivity index (χ1v) is 7.88. The molecule has 0 aliphatic rings. The van der Waals surface area contributed by atoms with E-state index < -0.39 is 17.6 Å². The minimum Gasteiger partial charge on any atom is -0.299 e. The summed E-state index contributed by atoms with van der Waals surface area (Å²) >= 11 is 3.31. The standard InChI is InChI=1S/C18H15BrF2O2/c1-11(22)15(12-5-7-13(19)8-6-12)9-14(23)10-16-17(20)3-2-4-18(16)21/h2-8,15H,9-10H2,1H3. The van der Waals surface area contributed by atoms with Crippen molar-refractivity contribution < 1.29 is 18.4 Å². The maximum atomic E-state index is 13.6. The number of carbonyl (C=O) groups excluding carboxylic acids is 2. The van der Waals surface area contributed by atoms with Gasteiger partial charge in [-0.3, -0.25) is 9.59 Å². The fourth-order valence-corrected chi connectivity index (χ4v) is 2.65. The van der Waals surface area contributed by atoms with E-state index in [0.29, 0.717) is 5.56 Å². The highest BCUT2D eigenvalue weighted by atomic mass is 79.9. The minimum absolute atomic E-state index is 0.0786. The van der Waals surface area contributed by atoms with E-state index in [1.807, 2.05) is 0 Å².